The number of likely N-dealkylation sites (tertiary alicyclic amines) is 1. The number of ether oxygens (including phenoxy) is 1. The zero-order chi connectivity index (χ0) is 16.6. The number of hydrogen-bond donors (Lipinski definition) is 0. The van der Waals surface area contributed by atoms with Crippen molar-refractivity contribution in [2.24, 2.45) is 5.92 Å². The molecule has 1 aromatic heterocycles. The van der Waals surface area contributed by atoms with Crippen LogP contribution in [0.25, 0.3) is 0 Å². The van der Waals surface area contributed by atoms with Gasteiger partial charge in [0.2, 0.25) is 11.8 Å². The number of amides is 2. The molecule has 0 aromatic carbocycles. The molecule has 23 heavy (non-hydrogen) atoms. The number of rotatable bonds is 3. The number of carbonyl (C=O) groups excluding carboxylic acids is 2. The molecule has 6 heteroatoms. The molecule has 0 bridgehead atoms. The molecule has 126 valence electrons. The zero-order valence-corrected chi connectivity index (χ0v) is 13.9. The summed E-state index contributed by atoms with van der Waals surface area (Å²) in [5.74, 6) is 0.551. The summed E-state index contributed by atoms with van der Waals surface area (Å²) in [6.07, 6.45) is 1.89. The Labute approximate surface area is 136 Å². The second kappa shape index (κ2) is 6.00. The molecule has 0 radical (unpaired) electrons. The van der Waals surface area contributed by atoms with E-state index in [2.05, 4.69) is 0 Å². The molecule has 3 heterocycles. The molecule has 0 N–H and O–H groups in total. The first-order valence-electron chi connectivity index (χ1n) is 8.11. The van der Waals surface area contributed by atoms with Crippen LogP contribution >= 0.6 is 0 Å². The molecule has 0 unspecified atom stereocenters. The monoisotopic (exact) mass is 320 g/mol. The van der Waals surface area contributed by atoms with Gasteiger partial charge >= 0.3 is 0 Å². The van der Waals surface area contributed by atoms with Crippen molar-refractivity contribution in [3.05, 3.63) is 24.2 Å². The average molecular weight is 320 g/mol. The Hall–Kier alpha value is -1.82. The van der Waals surface area contributed by atoms with Crippen molar-refractivity contribution >= 4 is 11.8 Å². The molecule has 0 spiro atoms. The Balaban J connectivity index is 1.63. The van der Waals surface area contributed by atoms with Crippen molar-refractivity contribution in [1.29, 1.82) is 0 Å². The van der Waals surface area contributed by atoms with Crippen molar-refractivity contribution in [2.75, 3.05) is 19.6 Å². The maximum Gasteiger partial charge on any atom is 0.228 e. The van der Waals surface area contributed by atoms with Crippen molar-refractivity contribution in [1.82, 2.24) is 9.80 Å². The van der Waals surface area contributed by atoms with Gasteiger partial charge in [0.25, 0.3) is 0 Å². The number of morpholine rings is 1. The van der Waals surface area contributed by atoms with Crippen molar-refractivity contribution in [3.63, 3.8) is 0 Å². The number of carbonyl (C=O) groups is 2. The average Bonchev–Trinajstić information content (AvgIpc) is 3.07. The smallest absolute Gasteiger partial charge is 0.228 e. The predicted octanol–water partition coefficient (Wildman–Crippen LogP) is 1.65. The molecular formula is C17H24N2O4. The first kappa shape index (κ1) is 16.1. The minimum absolute atomic E-state index is 0.0130. The standard InChI is InChI=1S/C17H24N2O4/c1-12-8-19(11-17(2,3)23-12)16(21)13-7-15(20)18(9-13)10-14-5-4-6-22-14/h4-6,12-13H,7-11H2,1-3H3/t12-,13+/m1/s1. The van der Waals surface area contributed by atoms with E-state index in [1.54, 1.807) is 17.2 Å². The summed E-state index contributed by atoms with van der Waals surface area (Å²) >= 11 is 0. The molecular weight excluding hydrogens is 296 g/mol. The molecule has 2 amide bonds. The van der Waals surface area contributed by atoms with Gasteiger partial charge in [-0.25, -0.2) is 0 Å². The van der Waals surface area contributed by atoms with Crippen LogP contribution in [-0.4, -0.2) is 53.0 Å². The topological polar surface area (TPSA) is 63.0 Å². The highest BCUT2D eigenvalue weighted by Gasteiger charge is 2.40. The van der Waals surface area contributed by atoms with Crippen LogP contribution in [0.2, 0.25) is 0 Å². The van der Waals surface area contributed by atoms with Crippen LogP contribution in [0.4, 0.5) is 0 Å². The van der Waals surface area contributed by atoms with Crippen molar-refractivity contribution < 1.29 is 18.7 Å². The van der Waals surface area contributed by atoms with Crippen LogP contribution in [-0.2, 0) is 20.9 Å². The summed E-state index contributed by atoms with van der Waals surface area (Å²) in [7, 11) is 0. The number of nitrogens with zero attached hydrogens (tertiary/aromatic N) is 2. The SMILES string of the molecule is C[C@@H]1CN(C(=O)[C@H]2CC(=O)N(Cc3ccco3)C2)CC(C)(C)O1. The quantitative estimate of drug-likeness (QED) is 0.849. The zero-order valence-electron chi connectivity index (χ0n) is 13.9. The highest BCUT2D eigenvalue weighted by Crippen LogP contribution is 2.26. The Morgan fingerprint density at radius 3 is 2.83 bits per heavy atom. The van der Waals surface area contributed by atoms with E-state index in [0.29, 0.717) is 26.2 Å². The van der Waals surface area contributed by atoms with Crippen LogP contribution in [0.15, 0.2) is 22.8 Å². The summed E-state index contributed by atoms with van der Waals surface area (Å²) in [5.41, 5.74) is -0.343. The van der Waals surface area contributed by atoms with Gasteiger partial charge in [-0.2, -0.15) is 0 Å². The maximum atomic E-state index is 12.8. The fourth-order valence-electron chi connectivity index (χ4n) is 3.56. The summed E-state index contributed by atoms with van der Waals surface area (Å²) in [6.45, 7) is 8.01. The third-order valence-electron chi connectivity index (χ3n) is 4.37. The lowest BCUT2D eigenvalue weighted by Gasteiger charge is -2.42. The van der Waals surface area contributed by atoms with E-state index in [1.807, 2.05) is 31.7 Å². The first-order valence-corrected chi connectivity index (χ1v) is 8.11. The largest absolute Gasteiger partial charge is 0.467 e. The Morgan fingerprint density at radius 2 is 2.17 bits per heavy atom. The Kier molecular flexibility index (Phi) is 4.19. The lowest BCUT2D eigenvalue weighted by molar-refractivity contribution is -0.161. The van der Waals surface area contributed by atoms with Crippen molar-refractivity contribution in [2.45, 2.75) is 45.4 Å². The second-order valence-corrected chi connectivity index (χ2v) is 7.16. The molecule has 3 rings (SSSR count). The van der Waals surface area contributed by atoms with Crippen molar-refractivity contribution in [3.8, 4) is 0 Å². The van der Waals surface area contributed by atoms with Crippen LogP contribution < -0.4 is 0 Å². The number of furan rings is 1. The van der Waals surface area contributed by atoms with Gasteiger partial charge in [-0.15, -0.1) is 0 Å². The van der Waals surface area contributed by atoms with Gasteiger partial charge in [0.05, 0.1) is 30.4 Å². The van der Waals surface area contributed by atoms with E-state index in [-0.39, 0.29) is 35.9 Å². The van der Waals surface area contributed by atoms with Gasteiger partial charge in [0.1, 0.15) is 5.76 Å². The van der Waals surface area contributed by atoms with E-state index in [9.17, 15) is 9.59 Å². The van der Waals surface area contributed by atoms with Gasteiger partial charge in [-0.05, 0) is 32.9 Å². The number of hydrogen-bond acceptors (Lipinski definition) is 4. The summed E-state index contributed by atoms with van der Waals surface area (Å²) in [5, 5.41) is 0. The molecule has 0 aliphatic carbocycles. The molecule has 2 aliphatic rings. The van der Waals surface area contributed by atoms with E-state index in [0.717, 1.165) is 5.76 Å². The minimum atomic E-state index is -0.343. The molecule has 2 fully saturated rings. The summed E-state index contributed by atoms with van der Waals surface area (Å²) < 4.78 is 11.1. The van der Waals surface area contributed by atoms with E-state index in [4.69, 9.17) is 9.15 Å². The van der Waals surface area contributed by atoms with E-state index >= 15 is 0 Å². The van der Waals surface area contributed by atoms with Gasteiger partial charge in [0.15, 0.2) is 0 Å². The third kappa shape index (κ3) is 3.58. The maximum absolute atomic E-state index is 12.8. The summed E-state index contributed by atoms with van der Waals surface area (Å²) in [6, 6.07) is 3.64. The molecule has 2 atom stereocenters. The van der Waals surface area contributed by atoms with Gasteiger partial charge < -0.3 is 19.0 Å². The third-order valence-corrected chi connectivity index (χ3v) is 4.37. The van der Waals surface area contributed by atoms with Gasteiger partial charge in [-0.3, -0.25) is 9.59 Å². The van der Waals surface area contributed by atoms with Crippen LogP contribution in [0, 0.1) is 5.92 Å². The molecule has 0 saturated carbocycles. The highest BCUT2D eigenvalue weighted by molar-refractivity contribution is 5.89. The first-order chi connectivity index (χ1) is 10.8. The fraction of sp³-hybridized carbons (Fsp3) is 0.647. The Morgan fingerprint density at radius 1 is 1.39 bits per heavy atom. The van der Waals surface area contributed by atoms with Crippen LogP contribution in [0.5, 0.6) is 0 Å². The molecule has 2 aliphatic heterocycles. The van der Waals surface area contributed by atoms with E-state index in [1.165, 1.54) is 0 Å². The molecule has 1 aromatic rings. The van der Waals surface area contributed by atoms with Gasteiger partial charge in [-0.1, -0.05) is 0 Å². The highest BCUT2D eigenvalue weighted by atomic mass is 16.5. The Bertz CT molecular complexity index is 581. The fourth-order valence-corrected chi connectivity index (χ4v) is 3.56. The predicted molar refractivity (Wildman–Crippen MR) is 83.4 cm³/mol. The molecule has 6 nitrogen and oxygen atoms in total. The summed E-state index contributed by atoms with van der Waals surface area (Å²) in [4.78, 5) is 28.5. The van der Waals surface area contributed by atoms with E-state index < -0.39 is 0 Å². The minimum Gasteiger partial charge on any atom is -0.467 e. The lowest BCUT2D eigenvalue weighted by atomic mass is 10.0. The molecule has 2 saturated heterocycles. The van der Waals surface area contributed by atoms with Crippen LogP contribution in [0.3, 0.4) is 0 Å². The van der Waals surface area contributed by atoms with Gasteiger partial charge in [0, 0.05) is 26.1 Å². The normalized spacial score (nSPS) is 27.5. The van der Waals surface area contributed by atoms with Crippen LogP contribution in [0.1, 0.15) is 33.0 Å². The lowest BCUT2D eigenvalue weighted by Crippen LogP contribution is -2.55. The second-order valence-electron chi connectivity index (χ2n) is 7.16.